The molecule has 3 rings (SSSR count). The molecule has 27 heavy (non-hydrogen) atoms. The van der Waals surface area contributed by atoms with Crippen molar-refractivity contribution in [1.29, 1.82) is 0 Å². The van der Waals surface area contributed by atoms with E-state index in [1.807, 2.05) is 50.2 Å². The zero-order chi connectivity index (χ0) is 19.4. The number of methoxy groups -OCH3 is 1. The minimum Gasteiger partial charge on any atom is -0.495 e. The van der Waals surface area contributed by atoms with Crippen molar-refractivity contribution in [3.63, 3.8) is 0 Å². The van der Waals surface area contributed by atoms with Crippen LogP contribution in [0.3, 0.4) is 0 Å². The third-order valence-corrected chi connectivity index (χ3v) is 3.93. The summed E-state index contributed by atoms with van der Waals surface area (Å²) in [6.45, 7) is 3.89. The van der Waals surface area contributed by atoms with Crippen molar-refractivity contribution in [2.45, 2.75) is 13.8 Å². The van der Waals surface area contributed by atoms with Gasteiger partial charge >= 0.3 is 5.69 Å². The monoisotopic (exact) mass is 365 g/mol. The number of anilines is 4. The van der Waals surface area contributed by atoms with Gasteiger partial charge in [-0.2, -0.15) is 0 Å². The summed E-state index contributed by atoms with van der Waals surface area (Å²) >= 11 is 0. The molecule has 0 saturated heterocycles. The molecule has 8 heteroatoms. The summed E-state index contributed by atoms with van der Waals surface area (Å²) in [5, 5.41) is 17.7. The highest BCUT2D eigenvalue weighted by Gasteiger charge is 2.24. The number of nitro groups is 1. The molecule has 2 N–H and O–H groups in total. The summed E-state index contributed by atoms with van der Waals surface area (Å²) in [5.41, 5.74) is 3.10. The molecule has 0 spiro atoms. The van der Waals surface area contributed by atoms with Crippen LogP contribution < -0.4 is 15.4 Å². The van der Waals surface area contributed by atoms with Crippen LogP contribution in [0.2, 0.25) is 0 Å². The highest BCUT2D eigenvalue weighted by molar-refractivity contribution is 5.78. The van der Waals surface area contributed by atoms with Gasteiger partial charge in [0.1, 0.15) is 12.1 Å². The molecule has 0 radical (unpaired) electrons. The van der Waals surface area contributed by atoms with Gasteiger partial charge < -0.3 is 15.4 Å². The van der Waals surface area contributed by atoms with Gasteiger partial charge in [0.15, 0.2) is 0 Å². The Balaban J connectivity index is 2.00. The molecule has 0 aliphatic rings. The van der Waals surface area contributed by atoms with Gasteiger partial charge in [0.25, 0.3) is 0 Å². The van der Waals surface area contributed by atoms with Crippen molar-refractivity contribution in [3.8, 4) is 5.75 Å². The van der Waals surface area contributed by atoms with Crippen LogP contribution in [0, 0.1) is 24.0 Å². The molecule has 0 aliphatic heterocycles. The fourth-order valence-electron chi connectivity index (χ4n) is 2.56. The van der Waals surface area contributed by atoms with Gasteiger partial charge in [-0.1, -0.05) is 23.8 Å². The second kappa shape index (κ2) is 7.69. The van der Waals surface area contributed by atoms with E-state index in [1.54, 1.807) is 6.07 Å². The van der Waals surface area contributed by atoms with Crippen LogP contribution in [0.15, 0.2) is 48.8 Å². The van der Waals surface area contributed by atoms with Crippen molar-refractivity contribution in [2.75, 3.05) is 17.7 Å². The maximum absolute atomic E-state index is 11.7. The first-order valence-electron chi connectivity index (χ1n) is 8.22. The standard InChI is InChI=1S/C19H19N5O3/c1-12-4-7-14(8-5-12)22-18-17(24(25)26)19(21-11-20-18)23-15-10-13(2)6-9-16(15)27-3/h4-11H,1-3H3,(H2,20,21,22,23). The molecule has 0 amide bonds. The van der Waals surface area contributed by atoms with Gasteiger partial charge in [0.2, 0.25) is 11.6 Å². The molecule has 3 aromatic rings. The second-order valence-corrected chi connectivity index (χ2v) is 6.00. The Bertz CT molecular complexity index is 974. The van der Waals surface area contributed by atoms with Crippen molar-refractivity contribution in [3.05, 3.63) is 70.0 Å². The third kappa shape index (κ3) is 4.12. The molecule has 1 heterocycles. The zero-order valence-corrected chi connectivity index (χ0v) is 15.2. The summed E-state index contributed by atoms with van der Waals surface area (Å²) in [5.74, 6) is 0.739. The van der Waals surface area contributed by atoms with Crippen LogP contribution in [0.1, 0.15) is 11.1 Å². The van der Waals surface area contributed by atoms with Gasteiger partial charge in [-0.15, -0.1) is 0 Å². The van der Waals surface area contributed by atoms with E-state index >= 15 is 0 Å². The average molecular weight is 365 g/mol. The van der Waals surface area contributed by atoms with E-state index in [4.69, 9.17) is 4.74 Å². The van der Waals surface area contributed by atoms with Gasteiger partial charge in [0.05, 0.1) is 17.7 Å². The Morgan fingerprint density at radius 2 is 1.59 bits per heavy atom. The summed E-state index contributed by atoms with van der Waals surface area (Å²) in [6.07, 6.45) is 1.27. The van der Waals surface area contributed by atoms with Gasteiger partial charge in [-0.3, -0.25) is 10.1 Å². The van der Waals surface area contributed by atoms with Gasteiger partial charge in [-0.05, 0) is 43.7 Å². The number of nitrogens with zero attached hydrogens (tertiary/aromatic N) is 3. The van der Waals surface area contributed by atoms with E-state index in [9.17, 15) is 10.1 Å². The van der Waals surface area contributed by atoms with Crippen LogP contribution in [0.5, 0.6) is 5.75 Å². The summed E-state index contributed by atoms with van der Waals surface area (Å²) < 4.78 is 5.32. The number of hydrogen-bond acceptors (Lipinski definition) is 7. The number of aromatic nitrogens is 2. The lowest BCUT2D eigenvalue weighted by Crippen LogP contribution is -2.06. The average Bonchev–Trinajstić information content (AvgIpc) is 2.64. The van der Waals surface area contributed by atoms with E-state index < -0.39 is 4.92 Å². The quantitative estimate of drug-likeness (QED) is 0.490. The lowest BCUT2D eigenvalue weighted by atomic mass is 10.2. The normalized spacial score (nSPS) is 10.3. The molecule has 0 bridgehead atoms. The van der Waals surface area contributed by atoms with Gasteiger partial charge in [-0.25, -0.2) is 9.97 Å². The topological polar surface area (TPSA) is 102 Å². The summed E-state index contributed by atoms with van der Waals surface area (Å²) in [4.78, 5) is 19.3. The molecular formula is C19H19N5O3. The van der Waals surface area contributed by atoms with E-state index in [-0.39, 0.29) is 17.3 Å². The Morgan fingerprint density at radius 3 is 2.22 bits per heavy atom. The van der Waals surface area contributed by atoms with E-state index in [1.165, 1.54) is 13.4 Å². The second-order valence-electron chi connectivity index (χ2n) is 6.00. The predicted molar refractivity (Wildman–Crippen MR) is 104 cm³/mol. The highest BCUT2D eigenvalue weighted by Crippen LogP contribution is 2.35. The summed E-state index contributed by atoms with van der Waals surface area (Å²) in [7, 11) is 1.54. The molecule has 2 aromatic carbocycles. The van der Waals surface area contributed by atoms with Crippen LogP contribution in [-0.2, 0) is 0 Å². The van der Waals surface area contributed by atoms with Crippen molar-refractivity contribution in [2.24, 2.45) is 0 Å². The molecular weight excluding hydrogens is 346 g/mol. The van der Waals surface area contributed by atoms with Crippen LogP contribution in [0.25, 0.3) is 0 Å². The number of nitrogens with one attached hydrogen (secondary N) is 2. The zero-order valence-electron chi connectivity index (χ0n) is 15.2. The number of aryl methyl sites for hydroxylation is 2. The van der Waals surface area contributed by atoms with Crippen LogP contribution in [-0.4, -0.2) is 22.0 Å². The number of benzene rings is 2. The van der Waals surface area contributed by atoms with E-state index in [2.05, 4.69) is 20.6 Å². The van der Waals surface area contributed by atoms with Crippen LogP contribution >= 0.6 is 0 Å². The maximum atomic E-state index is 11.7. The van der Waals surface area contributed by atoms with Crippen molar-refractivity contribution < 1.29 is 9.66 Å². The lowest BCUT2D eigenvalue weighted by Gasteiger charge is -2.13. The minimum absolute atomic E-state index is 0.0773. The van der Waals surface area contributed by atoms with E-state index in [0.717, 1.165) is 11.1 Å². The smallest absolute Gasteiger partial charge is 0.353 e. The molecule has 8 nitrogen and oxygen atoms in total. The molecule has 0 atom stereocenters. The van der Waals surface area contributed by atoms with Crippen molar-refractivity contribution >= 4 is 28.7 Å². The minimum atomic E-state index is -0.513. The Hall–Kier alpha value is -3.68. The van der Waals surface area contributed by atoms with E-state index in [0.29, 0.717) is 17.1 Å². The molecule has 0 aliphatic carbocycles. The summed E-state index contributed by atoms with van der Waals surface area (Å²) in [6, 6.07) is 13.0. The molecule has 0 fully saturated rings. The first-order chi connectivity index (χ1) is 13.0. The Kier molecular flexibility index (Phi) is 5.16. The fourth-order valence-corrected chi connectivity index (χ4v) is 2.56. The Morgan fingerprint density at radius 1 is 0.963 bits per heavy atom. The molecule has 0 saturated carbocycles. The lowest BCUT2D eigenvalue weighted by molar-refractivity contribution is -0.383. The van der Waals surface area contributed by atoms with Gasteiger partial charge in [0, 0.05) is 5.69 Å². The number of ether oxygens (including phenoxy) is 1. The third-order valence-electron chi connectivity index (χ3n) is 3.93. The molecule has 0 unspecified atom stereocenters. The highest BCUT2D eigenvalue weighted by atomic mass is 16.6. The van der Waals surface area contributed by atoms with Crippen LogP contribution in [0.4, 0.5) is 28.7 Å². The number of hydrogen-bond donors (Lipinski definition) is 2. The first kappa shape index (κ1) is 18.1. The fraction of sp³-hybridized carbons (Fsp3) is 0.158. The SMILES string of the molecule is COc1ccc(C)cc1Nc1ncnc(Nc2ccc(C)cc2)c1[N+](=O)[O-]. The molecule has 1 aromatic heterocycles. The number of rotatable bonds is 6. The van der Waals surface area contributed by atoms with Crippen molar-refractivity contribution in [1.82, 2.24) is 9.97 Å². The maximum Gasteiger partial charge on any atom is 0.353 e. The predicted octanol–water partition coefficient (Wildman–Crippen LogP) is 4.50. The largest absolute Gasteiger partial charge is 0.495 e. The first-order valence-corrected chi connectivity index (χ1v) is 8.22. The molecule has 138 valence electrons. The Labute approximate surface area is 156 Å².